The molecule has 1 amide bonds. The number of carbonyl (C=O) groups is 1. The van der Waals surface area contributed by atoms with Crippen LogP contribution in [-0.2, 0) is 13.2 Å². The van der Waals surface area contributed by atoms with Crippen LogP contribution < -0.4 is 10.9 Å². The minimum absolute atomic E-state index is 0.0168. The van der Waals surface area contributed by atoms with Crippen molar-refractivity contribution in [1.29, 1.82) is 0 Å². The molecule has 2 heterocycles. The molecular weight excluding hydrogens is 457 g/mol. The maximum Gasteiger partial charge on any atom is 0.416 e. The van der Waals surface area contributed by atoms with Crippen LogP contribution in [0.3, 0.4) is 0 Å². The Balaban J connectivity index is 1.71. The number of hydrogen-bond acceptors (Lipinski definition) is 3. The first-order chi connectivity index (χ1) is 16.6. The number of anilines is 1. The maximum absolute atomic E-state index is 13.5. The van der Waals surface area contributed by atoms with Crippen molar-refractivity contribution in [3.8, 4) is 5.69 Å². The highest BCUT2D eigenvalue weighted by Crippen LogP contribution is 2.31. The zero-order chi connectivity index (χ0) is 24.9. The number of nitrogens with one attached hydrogen (secondary N) is 1. The van der Waals surface area contributed by atoms with Gasteiger partial charge in [0.15, 0.2) is 5.69 Å². The molecule has 2 aromatic heterocycles. The Kier molecular flexibility index (Phi) is 5.20. The molecule has 0 fully saturated rings. The molecule has 5 rings (SSSR count). The first-order valence-electron chi connectivity index (χ1n) is 10.7. The minimum Gasteiger partial charge on any atom is -0.339 e. The first kappa shape index (κ1) is 22.4. The second-order valence-electron chi connectivity index (χ2n) is 8.23. The van der Waals surface area contributed by atoms with Gasteiger partial charge in [0.05, 0.1) is 11.3 Å². The average molecular weight is 476 g/mol. The van der Waals surface area contributed by atoms with Crippen molar-refractivity contribution in [2.75, 3.05) is 5.32 Å². The highest BCUT2D eigenvalue weighted by Gasteiger charge is 2.30. The van der Waals surface area contributed by atoms with Crippen LogP contribution in [0.1, 0.15) is 21.6 Å². The Hall–Kier alpha value is -4.40. The Morgan fingerprint density at radius 1 is 0.943 bits per heavy atom. The molecule has 0 unspecified atom stereocenters. The Morgan fingerprint density at radius 3 is 2.26 bits per heavy atom. The third-order valence-electron chi connectivity index (χ3n) is 5.90. The van der Waals surface area contributed by atoms with Crippen LogP contribution in [-0.4, -0.2) is 20.3 Å². The fourth-order valence-electron chi connectivity index (χ4n) is 4.13. The molecule has 1 N–H and O–H groups in total. The van der Waals surface area contributed by atoms with Gasteiger partial charge in [-0.1, -0.05) is 35.9 Å². The van der Waals surface area contributed by atoms with Gasteiger partial charge in [-0.3, -0.25) is 9.59 Å². The summed E-state index contributed by atoms with van der Waals surface area (Å²) in [5.41, 5.74) is 1.45. The van der Waals surface area contributed by atoms with Crippen LogP contribution in [0.4, 0.5) is 18.9 Å². The normalized spacial score (nSPS) is 11.8. The van der Waals surface area contributed by atoms with Crippen molar-refractivity contribution in [2.45, 2.75) is 13.1 Å². The predicted octanol–water partition coefficient (Wildman–Crippen LogP) is 5.46. The number of para-hydroxylation sites is 1. The van der Waals surface area contributed by atoms with Crippen molar-refractivity contribution in [3.05, 3.63) is 100.0 Å². The van der Waals surface area contributed by atoms with E-state index in [4.69, 9.17) is 0 Å². The molecule has 0 radical (unpaired) electrons. The van der Waals surface area contributed by atoms with E-state index in [0.29, 0.717) is 22.0 Å². The van der Waals surface area contributed by atoms with E-state index in [1.165, 1.54) is 16.8 Å². The Labute approximate surface area is 197 Å². The first-order valence-corrected chi connectivity index (χ1v) is 10.7. The molecule has 6 nitrogen and oxygen atoms in total. The zero-order valence-electron chi connectivity index (χ0n) is 18.7. The number of halogens is 3. The lowest BCUT2D eigenvalue weighted by Crippen LogP contribution is -2.27. The lowest BCUT2D eigenvalue weighted by atomic mass is 10.1. The summed E-state index contributed by atoms with van der Waals surface area (Å²) in [6.45, 7) is 1.91. The smallest absolute Gasteiger partial charge is 0.339 e. The van der Waals surface area contributed by atoms with Crippen LogP contribution in [0.2, 0.25) is 0 Å². The predicted molar refractivity (Wildman–Crippen MR) is 128 cm³/mol. The van der Waals surface area contributed by atoms with Crippen molar-refractivity contribution in [1.82, 2.24) is 14.3 Å². The van der Waals surface area contributed by atoms with Crippen molar-refractivity contribution in [3.63, 3.8) is 0 Å². The zero-order valence-corrected chi connectivity index (χ0v) is 18.7. The van der Waals surface area contributed by atoms with E-state index in [9.17, 15) is 22.8 Å². The van der Waals surface area contributed by atoms with E-state index in [-0.39, 0.29) is 11.4 Å². The van der Waals surface area contributed by atoms with Gasteiger partial charge in [0.25, 0.3) is 11.5 Å². The highest BCUT2D eigenvalue weighted by molar-refractivity contribution is 6.19. The van der Waals surface area contributed by atoms with E-state index in [0.717, 1.165) is 23.2 Å². The van der Waals surface area contributed by atoms with Gasteiger partial charge in [0.1, 0.15) is 5.52 Å². The summed E-state index contributed by atoms with van der Waals surface area (Å²) >= 11 is 0. The summed E-state index contributed by atoms with van der Waals surface area (Å²) in [5, 5.41) is 8.08. The molecule has 0 atom stereocenters. The molecule has 0 saturated heterocycles. The van der Waals surface area contributed by atoms with Crippen LogP contribution in [0.5, 0.6) is 0 Å². The number of aryl methyl sites for hydroxylation is 2. The van der Waals surface area contributed by atoms with Crippen molar-refractivity contribution < 1.29 is 18.0 Å². The van der Waals surface area contributed by atoms with E-state index in [1.807, 2.05) is 31.2 Å². The SMILES string of the molecule is Cc1ccc(-n2nc(C(=O)Nc3ccc(C(F)(F)F)cc3)c3c4ccccc4n(C)c3c2=O)cc1. The minimum atomic E-state index is -4.48. The molecule has 0 aliphatic carbocycles. The second-order valence-corrected chi connectivity index (χ2v) is 8.23. The maximum atomic E-state index is 13.5. The van der Waals surface area contributed by atoms with Crippen LogP contribution in [0.25, 0.3) is 27.5 Å². The number of rotatable bonds is 3. The molecular formula is C26H19F3N4O2. The number of amides is 1. The van der Waals surface area contributed by atoms with E-state index in [2.05, 4.69) is 10.4 Å². The lowest BCUT2D eigenvalue weighted by molar-refractivity contribution is -0.137. The fraction of sp³-hybridized carbons (Fsp3) is 0.115. The third kappa shape index (κ3) is 3.84. The summed E-state index contributed by atoms with van der Waals surface area (Å²) in [5.74, 6) is -0.646. The van der Waals surface area contributed by atoms with E-state index < -0.39 is 23.2 Å². The largest absolute Gasteiger partial charge is 0.416 e. The standard InChI is InChI=1S/C26H19F3N4O2/c1-15-7-13-18(14-8-15)33-25(35)23-21(19-5-3-4-6-20(19)32(23)2)22(31-33)24(34)30-17-11-9-16(10-12-17)26(27,28)29/h3-14H,1-2H3,(H,30,34). The van der Waals surface area contributed by atoms with Crippen molar-refractivity contribution >= 4 is 33.4 Å². The molecule has 176 valence electrons. The quantitative estimate of drug-likeness (QED) is 0.376. The molecule has 35 heavy (non-hydrogen) atoms. The third-order valence-corrected chi connectivity index (χ3v) is 5.90. The number of carbonyl (C=O) groups excluding carboxylic acids is 1. The second kappa shape index (κ2) is 8.12. The van der Waals surface area contributed by atoms with Gasteiger partial charge < -0.3 is 9.88 Å². The summed E-state index contributed by atoms with van der Waals surface area (Å²) in [6.07, 6.45) is -4.48. The highest BCUT2D eigenvalue weighted by atomic mass is 19.4. The van der Waals surface area contributed by atoms with Crippen molar-refractivity contribution in [2.24, 2.45) is 7.05 Å². The molecule has 0 spiro atoms. The van der Waals surface area contributed by atoms with Crippen LogP contribution >= 0.6 is 0 Å². The molecule has 3 aromatic carbocycles. The number of fused-ring (bicyclic) bond motifs is 3. The van der Waals surface area contributed by atoms with Gasteiger partial charge in [-0.15, -0.1) is 0 Å². The van der Waals surface area contributed by atoms with Gasteiger partial charge in [0.2, 0.25) is 0 Å². The summed E-state index contributed by atoms with van der Waals surface area (Å²) in [6, 6.07) is 18.5. The van der Waals surface area contributed by atoms with E-state index in [1.54, 1.807) is 35.9 Å². The molecule has 9 heteroatoms. The van der Waals surface area contributed by atoms with Crippen LogP contribution in [0.15, 0.2) is 77.6 Å². The van der Waals surface area contributed by atoms with Gasteiger partial charge in [0, 0.05) is 29.0 Å². The average Bonchev–Trinajstić information content (AvgIpc) is 3.13. The topological polar surface area (TPSA) is 68.9 Å². The summed E-state index contributed by atoms with van der Waals surface area (Å²) < 4.78 is 41.6. The number of nitrogens with zero attached hydrogens (tertiary/aromatic N) is 3. The Morgan fingerprint density at radius 2 is 1.60 bits per heavy atom. The van der Waals surface area contributed by atoms with Gasteiger partial charge >= 0.3 is 6.18 Å². The number of aromatic nitrogens is 3. The van der Waals surface area contributed by atoms with Gasteiger partial charge in [-0.2, -0.15) is 23.0 Å². The fourth-order valence-corrected chi connectivity index (χ4v) is 4.13. The number of hydrogen-bond donors (Lipinski definition) is 1. The molecule has 0 saturated carbocycles. The van der Waals surface area contributed by atoms with Gasteiger partial charge in [-0.05, 0) is 49.4 Å². The monoisotopic (exact) mass is 476 g/mol. The lowest BCUT2D eigenvalue weighted by Gasteiger charge is -2.12. The number of benzene rings is 3. The number of alkyl halides is 3. The Bertz CT molecular complexity index is 1650. The molecule has 5 aromatic rings. The molecule has 0 bridgehead atoms. The summed E-state index contributed by atoms with van der Waals surface area (Å²) in [7, 11) is 1.74. The van der Waals surface area contributed by atoms with Crippen LogP contribution in [0, 0.1) is 6.92 Å². The van der Waals surface area contributed by atoms with E-state index >= 15 is 0 Å². The van der Waals surface area contributed by atoms with Gasteiger partial charge in [-0.25, -0.2) is 0 Å². The molecule has 0 aliphatic heterocycles. The molecule has 0 aliphatic rings. The summed E-state index contributed by atoms with van der Waals surface area (Å²) in [4.78, 5) is 26.9.